The van der Waals surface area contributed by atoms with Gasteiger partial charge in [0, 0.05) is 0 Å². The van der Waals surface area contributed by atoms with Crippen LogP contribution in [0.4, 0.5) is 0 Å². The zero-order valence-corrected chi connectivity index (χ0v) is 8.22. The summed E-state index contributed by atoms with van der Waals surface area (Å²) in [5.41, 5.74) is 0.630. The Morgan fingerprint density at radius 2 is 2.00 bits per heavy atom. The van der Waals surface area contributed by atoms with Crippen molar-refractivity contribution in [3.63, 3.8) is 0 Å². The third-order valence-corrected chi connectivity index (χ3v) is 4.40. The second-order valence-electron chi connectivity index (χ2n) is 5.48. The lowest BCUT2D eigenvalue weighted by Gasteiger charge is -2.38. The van der Waals surface area contributed by atoms with E-state index in [-0.39, 0.29) is 5.41 Å². The standard InChI is InChI=1S/C11H17N/c1-10(2)8-4-5-11(3,6-8)9(10)7-12/h8-9H,4-6H2,1-3H3/t8-,9+,11-/m1/s1. The van der Waals surface area contributed by atoms with E-state index in [1.165, 1.54) is 19.3 Å². The number of rotatable bonds is 0. The van der Waals surface area contributed by atoms with Crippen LogP contribution in [0, 0.1) is 34.0 Å². The van der Waals surface area contributed by atoms with Gasteiger partial charge in [-0.05, 0) is 36.0 Å². The van der Waals surface area contributed by atoms with Gasteiger partial charge in [-0.1, -0.05) is 20.8 Å². The van der Waals surface area contributed by atoms with Crippen molar-refractivity contribution in [3.8, 4) is 6.07 Å². The lowest BCUT2D eigenvalue weighted by atomic mass is 9.65. The van der Waals surface area contributed by atoms with Gasteiger partial charge in [0.1, 0.15) is 0 Å². The Labute approximate surface area is 74.8 Å². The van der Waals surface area contributed by atoms with Gasteiger partial charge in [0.25, 0.3) is 0 Å². The van der Waals surface area contributed by atoms with Crippen LogP contribution in [0.2, 0.25) is 0 Å². The van der Waals surface area contributed by atoms with Gasteiger partial charge < -0.3 is 0 Å². The van der Waals surface area contributed by atoms with Crippen molar-refractivity contribution < 1.29 is 0 Å². The van der Waals surface area contributed by atoms with E-state index < -0.39 is 0 Å². The fourth-order valence-electron chi connectivity index (χ4n) is 3.62. The lowest BCUT2D eigenvalue weighted by Crippen LogP contribution is -2.33. The average molecular weight is 163 g/mol. The molecule has 0 amide bonds. The molecule has 2 aliphatic carbocycles. The Hall–Kier alpha value is -0.510. The fourth-order valence-corrected chi connectivity index (χ4v) is 3.62. The Morgan fingerprint density at radius 1 is 1.33 bits per heavy atom. The minimum absolute atomic E-state index is 0.280. The zero-order valence-electron chi connectivity index (χ0n) is 8.22. The van der Waals surface area contributed by atoms with E-state index in [2.05, 4.69) is 26.8 Å². The molecule has 0 saturated heterocycles. The normalized spacial score (nSPS) is 49.2. The van der Waals surface area contributed by atoms with E-state index in [4.69, 9.17) is 5.26 Å². The highest BCUT2D eigenvalue weighted by Gasteiger charge is 2.59. The molecule has 2 saturated carbocycles. The van der Waals surface area contributed by atoms with E-state index >= 15 is 0 Å². The summed E-state index contributed by atoms with van der Waals surface area (Å²) in [5.74, 6) is 1.11. The molecule has 3 atom stereocenters. The summed E-state index contributed by atoms with van der Waals surface area (Å²) in [6.45, 7) is 6.85. The summed E-state index contributed by atoms with van der Waals surface area (Å²) in [7, 11) is 0. The van der Waals surface area contributed by atoms with Crippen LogP contribution in [0.25, 0.3) is 0 Å². The summed E-state index contributed by atoms with van der Waals surface area (Å²) in [5, 5.41) is 9.14. The molecular formula is C11H17N. The maximum absolute atomic E-state index is 9.14. The van der Waals surface area contributed by atoms with Crippen molar-refractivity contribution in [2.75, 3.05) is 0 Å². The highest BCUT2D eigenvalue weighted by atomic mass is 14.6. The number of nitrogens with zero attached hydrogens (tertiary/aromatic N) is 1. The zero-order chi connectivity index (χ0) is 8.98. The molecule has 0 heterocycles. The Balaban J connectivity index is 2.39. The maximum Gasteiger partial charge on any atom is 0.0667 e. The van der Waals surface area contributed by atoms with Crippen LogP contribution in [0.3, 0.4) is 0 Å². The van der Waals surface area contributed by atoms with Crippen molar-refractivity contribution in [2.45, 2.75) is 40.0 Å². The second-order valence-corrected chi connectivity index (χ2v) is 5.48. The van der Waals surface area contributed by atoms with Gasteiger partial charge in [0.2, 0.25) is 0 Å². The SMILES string of the molecule is CC1(C)[C@@H]2CC[C@](C)(C2)[C@H]1C#N. The second kappa shape index (κ2) is 2.05. The quantitative estimate of drug-likeness (QED) is 0.538. The van der Waals surface area contributed by atoms with E-state index in [1.807, 2.05) is 0 Å². The molecule has 12 heavy (non-hydrogen) atoms. The first-order valence-corrected chi connectivity index (χ1v) is 4.90. The van der Waals surface area contributed by atoms with Crippen LogP contribution in [-0.2, 0) is 0 Å². The molecule has 0 spiro atoms. The van der Waals surface area contributed by atoms with Crippen LogP contribution in [-0.4, -0.2) is 0 Å². The molecule has 2 aliphatic rings. The Morgan fingerprint density at radius 3 is 2.33 bits per heavy atom. The molecule has 0 N–H and O–H groups in total. The minimum Gasteiger partial charge on any atom is -0.198 e. The number of hydrogen-bond donors (Lipinski definition) is 0. The summed E-state index contributed by atoms with van der Waals surface area (Å²) >= 11 is 0. The first-order valence-electron chi connectivity index (χ1n) is 4.90. The van der Waals surface area contributed by atoms with Crippen LogP contribution in [0.1, 0.15) is 40.0 Å². The van der Waals surface area contributed by atoms with Crippen LogP contribution < -0.4 is 0 Å². The summed E-state index contributed by atoms with van der Waals surface area (Å²) in [6, 6.07) is 2.53. The van der Waals surface area contributed by atoms with Crippen LogP contribution >= 0.6 is 0 Å². The van der Waals surface area contributed by atoms with Crippen LogP contribution in [0.15, 0.2) is 0 Å². The summed E-state index contributed by atoms with van der Waals surface area (Å²) < 4.78 is 0. The third kappa shape index (κ3) is 0.736. The highest BCUT2D eigenvalue weighted by Crippen LogP contribution is 2.65. The molecule has 0 aromatic carbocycles. The van der Waals surface area contributed by atoms with E-state index in [0.29, 0.717) is 11.3 Å². The van der Waals surface area contributed by atoms with Crippen molar-refractivity contribution in [2.24, 2.45) is 22.7 Å². The number of hydrogen-bond acceptors (Lipinski definition) is 1. The van der Waals surface area contributed by atoms with E-state index in [9.17, 15) is 0 Å². The van der Waals surface area contributed by atoms with Gasteiger partial charge in [0.15, 0.2) is 0 Å². The first-order chi connectivity index (χ1) is 5.50. The predicted octanol–water partition coefficient (Wildman–Crippen LogP) is 2.97. The largest absolute Gasteiger partial charge is 0.198 e. The maximum atomic E-state index is 9.14. The lowest BCUT2D eigenvalue weighted by molar-refractivity contribution is 0.119. The minimum atomic E-state index is 0.280. The Kier molecular flexibility index (Phi) is 1.38. The molecule has 66 valence electrons. The van der Waals surface area contributed by atoms with Gasteiger partial charge in [-0.15, -0.1) is 0 Å². The van der Waals surface area contributed by atoms with Gasteiger partial charge in [-0.3, -0.25) is 0 Å². The van der Waals surface area contributed by atoms with Crippen molar-refractivity contribution in [3.05, 3.63) is 0 Å². The fraction of sp³-hybridized carbons (Fsp3) is 0.909. The molecular weight excluding hydrogens is 146 g/mol. The summed E-state index contributed by atoms with van der Waals surface area (Å²) in [4.78, 5) is 0. The molecule has 0 aromatic heterocycles. The molecule has 0 radical (unpaired) electrons. The van der Waals surface area contributed by atoms with Gasteiger partial charge in [-0.25, -0.2) is 0 Å². The molecule has 0 unspecified atom stereocenters. The molecule has 1 nitrogen and oxygen atoms in total. The monoisotopic (exact) mass is 163 g/mol. The third-order valence-electron chi connectivity index (χ3n) is 4.40. The highest BCUT2D eigenvalue weighted by molar-refractivity contribution is 5.15. The number of nitriles is 1. The predicted molar refractivity (Wildman–Crippen MR) is 48.3 cm³/mol. The molecule has 1 heteroatoms. The van der Waals surface area contributed by atoms with Crippen molar-refractivity contribution in [1.29, 1.82) is 5.26 Å². The van der Waals surface area contributed by atoms with Gasteiger partial charge >= 0.3 is 0 Å². The van der Waals surface area contributed by atoms with Crippen molar-refractivity contribution in [1.82, 2.24) is 0 Å². The Bertz CT molecular complexity index is 243. The molecule has 2 fully saturated rings. The molecule has 0 aromatic rings. The van der Waals surface area contributed by atoms with Gasteiger partial charge in [-0.2, -0.15) is 5.26 Å². The topological polar surface area (TPSA) is 23.8 Å². The van der Waals surface area contributed by atoms with E-state index in [0.717, 1.165) is 5.92 Å². The molecule has 2 rings (SSSR count). The summed E-state index contributed by atoms with van der Waals surface area (Å²) in [6.07, 6.45) is 3.92. The number of fused-ring (bicyclic) bond motifs is 2. The molecule has 0 aliphatic heterocycles. The molecule has 2 bridgehead atoms. The van der Waals surface area contributed by atoms with Crippen molar-refractivity contribution >= 4 is 0 Å². The smallest absolute Gasteiger partial charge is 0.0667 e. The average Bonchev–Trinajstić information content (AvgIpc) is 2.39. The first kappa shape index (κ1) is 8.10. The van der Waals surface area contributed by atoms with Crippen LogP contribution in [0.5, 0.6) is 0 Å². The van der Waals surface area contributed by atoms with E-state index in [1.54, 1.807) is 0 Å². The van der Waals surface area contributed by atoms with Gasteiger partial charge in [0.05, 0.1) is 12.0 Å².